The molecule has 0 aliphatic heterocycles. The third kappa shape index (κ3) is 3.86. The molecule has 0 spiro atoms. The number of hydrogen-bond acceptors (Lipinski definition) is 3. The summed E-state index contributed by atoms with van der Waals surface area (Å²) in [7, 11) is 0. The van der Waals surface area contributed by atoms with Crippen LogP contribution in [0, 0.1) is 0 Å². The van der Waals surface area contributed by atoms with Crippen molar-refractivity contribution < 1.29 is 10.2 Å². The fourth-order valence-electron chi connectivity index (χ4n) is 1.55. The van der Waals surface area contributed by atoms with Gasteiger partial charge in [-0.15, -0.1) is 11.8 Å². The highest BCUT2D eigenvalue weighted by Gasteiger charge is 2.10. The van der Waals surface area contributed by atoms with Gasteiger partial charge in [-0.2, -0.15) is 0 Å². The average Bonchev–Trinajstić information content (AvgIpc) is 2.29. The Morgan fingerprint density at radius 2 is 1.87 bits per heavy atom. The van der Waals surface area contributed by atoms with Crippen molar-refractivity contribution in [2.75, 3.05) is 12.9 Å². The van der Waals surface area contributed by atoms with Crippen molar-refractivity contribution in [1.82, 2.24) is 0 Å². The number of aliphatic hydroxyl groups is 2. The third-order valence-corrected chi connectivity index (χ3v) is 3.26. The van der Waals surface area contributed by atoms with Crippen molar-refractivity contribution in [2.45, 2.75) is 30.3 Å². The summed E-state index contributed by atoms with van der Waals surface area (Å²) in [5.41, 5.74) is 1.21. The predicted molar refractivity (Wildman–Crippen MR) is 64.3 cm³/mol. The summed E-state index contributed by atoms with van der Waals surface area (Å²) < 4.78 is 0. The number of benzene rings is 1. The summed E-state index contributed by atoms with van der Waals surface area (Å²) in [5.74, 6) is 0.281. The summed E-state index contributed by atoms with van der Waals surface area (Å²) in [5, 5.41) is 18.1. The Bertz CT molecular complexity index is 284. The molecule has 0 aromatic heterocycles. The molecule has 2 atom stereocenters. The second-order valence-electron chi connectivity index (χ2n) is 3.75. The van der Waals surface area contributed by atoms with Gasteiger partial charge in [0, 0.05) is 4.90 Å². The fraction of sp³-hybridized carbons (Fsp3) is 0.500. The van der Waals surface area contributed by atoms with E-state index in [1.165, 1.54) is 10.5 Å². The molecule has 0 bridgehead atoms. The van der Waals surface area contributed by atoms with Crippen LogP contribution in [0.2, 0.25) is 0 Å². The van der Waals surface area contributed by atoms with Gasteiger partial charge in [0.05, 0.1) is 12.7 Å². The van der Waals surface area contributed by atoms with Crippen LogP contribution in [0.3, 0.4) is 0 Å². The Morgan fingerprint density at radius 1 is 1.27 bits per heavy atom. The van der Waals surface area contributed by atoms with E-state index in [9.17, 15) is 5.11 Å². The third-order valence-electron chi connectivity index (χ3n) is 2.52. The van der Waals surface area contributed by atoms with Gasteiger partial charge >= 0.3 is 0 Å². The van der Waals surface area contributed by atoms with Gasteiger partial charge in [0.25, 0.3) is 0 Å². The van der Waals surface area contributed by atoms with Gasteiger partial charge in [-0.3, -0.25) is 0 Å². The molecule has 1 rings (SSSR count). The number of hydrogen-bond donors (Lipinski definition) is 2. The highest BCUT2D eigenvalue weighted by atomic mass is 32.2. The minimum absolute atomic E-state index is 0.159. The molecule has 2 nitrogen and oxygen atoms in total. The monoisotopic (exact) mass is 226 g/mol. The summed E-state index contributed by atoms with van der Waals surface area (Å²) in [6, 6.07) is 8.34. The Morgan fingerprint density at radius 3 is 2.33 bits per heavy atom. The van der Waals surface area contributed by atoms with Crippen molar-refractivity contribution in [3.63, 3.8) is 0 Å². The minimum Gasteiger partial charge on any atom is -0.394 e. The zero-order chi connectivity index (χ0) is 11.3. The fourth-order valence-corrected chi connectivity index (χ4v) is 1.96. The maximum Gasteiger partial charge on any atom is 0.0776 e. The largest absolute Gasteiger partial charge is 0.394 e. The highest BCUT2D eigenvalue weighted by molar-refractivity contribution is 7.98. The molecule has 0 aliphatic rings. The molecule has 15 heavy (non-hydrogen) atoms. The van der Waals surface area contributed by atoms with Crippen molar-refractivity contribution in [1.29, 1.82) is 0 Å². The smallest absolute Gasteiger partial charge is 0.0776 e. The maximum atomic E-state index is 9.34. The molecule has 0 fully saturated rings. The molecule has 0 amide bonds. The molecule has 84 valence electrons. The lowest BCUT2D eigenvalue weighted by Gasteiger charge is -2.15. The molecule has 0 radical (unpaired) electrons. The second kappa shape index (κ2) is 6.16. The first-order chi connectivity index (χ1) is 7.17. The van der Waals surface area contributed by atoms with Crippen LogP contribution in [-0.4, -0.2) is 29.2 Å². The average molecular weight is 226 g/mol. The van der Waals surface area contributed by atoms with Crippen LogP contribution >= 0.6 is 11.8 Å². The van der Waals surface area contributed by atoms with Gasteiger partial charge in [0.2, 0.25) is 0 Å². The predicted octanol–water partition coefficient (Wildman–Crippen LogP) is 2.26. The van der Waals surface area contributed by atoms with Crippen molar-refractivity contribution in [3.05, 3.63) is 29.8 Å². The molecule has 2 unspecified atom stereocenters. The van der Waals surface area contributed by atoms with Crippen molar-refractivity contribution in [3.8, 4) is 0 Å². The lowest BCUT2D eigenvalue weighted by Crippen LogP contribution is -2.14. The molecular weight excluding hydrogens is 208 g/mol. The standard InChI is InChI=1S/C12H18O2S/c1-9(7-11(14)8-13)10-3-5-12(15-2)6-4-10/h3-6,9,11,13-14H,7-8H2,1-2H3. The second-order valence-corrected chi connectivity index (χ2v) is 4.63. The van der Waals surface area contributed by atoms with Gasteiger partial charge < -0.3 is 10.2 Å². The van der Waals surface area contributed by atoms with E-state index in [1.807, 2.05) is 6.26 Å². The minimum atomic E-state index is -0.611. The van der Waals surface area contributed by atoms with Crippen LogP contribution in [0.25, 0.3) is 0 Å². The van der Waals surface area contributed by atoms with Crippen LogP contribution < -0.4 is 0 Å². The Balaban J connectivity index is 2.61. The quantitative estimate of drug-likeness (QED) is 0.757. The normalized spacial score (nSPS) is 14.9. The summed E-state index contributed by atoms with van der Waals surface area (Å²) in [4.78, 5) is 1.24. The van der Waals surface area contributed by atoms with Crippen LogP contribution in [0.1, 0.15) is 24.8 Å². The molecule has 0 saturated heterocycles. The van der Waals surface area contributed by atoms with Crippen LogP contribution in [0.4, 0.5) is 0 Å². The number of rotatable bonds is 5. The van der Waals surface area contributed by atoms with Gasteiger partial charge in [-0.05, 0) is 36.3 Å². The zero-order valence-electron chi connectivity index (χ0n) is 9.18. The SMILES string of the molecule is CSc1ccc(C(C)CC(O)CO)cc1. The molecule has 0 aliphatic carbocycles. The zero-order valence-corrected chi connectivity index (χ0v) is 10.00. The van der Waals surface area contributed by atoms with E-state index >= 15 is 0 Å². The maximum absolute atomic E-state index is 9.34. The lowest BCUT2D eigenvalue weighted by atomic mass is 9.95. The molecule has 3 heteroatoms. The van der Waals surface area contributed by atoms with Crippen molar-refractivity contribution >= 4 is 11.8 Å². The summed E-state index contributed by atoms with van der Waals surface area (Å²) in [6.07, 6.45) is 2.04. The number of aliphatic hydroxyl groups excluding tert-OH is 2. The summed E-state index contributed by atoms with van der Waals surface area (Å²) >= 11 is 1.72. The van der Waals surface area contributed by atoms with Crippen LogP contribution in [0.5, 0.6) is 0 Å². The Hall–Kier alpha value is -0.510. The van der Waals surface area contributed by atoms with Crippen LogP contribution in [0.15, 0.2) is 29.2 Å². The van der Waals surface area contributed by atoms with Crippen molar-refractivity contribution in [2.24, 2.45) is 0 Å². The first-order valence-corrected chi connectivity index (χ1v) is 6.32. The van der Waals surface area contributed by atoms with Crippen LogP contribution in [-0.2, 0) is 0 Å². The van der Waals surface area contributed by atoms with E-state index < -0.39 is 6.10 Å². The van der Waals surface area contributed by atoms with Gasteiger partial charge in [-0.1, -0.05) is 19.1 Å². The molecule has 0 heterocycles. The van der Waals surface area contributed by atoms with E-state index in [4.69, 9.17) is 5.11 Å². The van der Waals surface area contributed by atoms with E-state index in [0.717, 1.165) is 0 Å². The summed E-state index contributed by atoms with van der Waals surface area (Å²) in [6.45, 7) is 1.90. The Labute approximate surface area is 95.3 Å². The van der Waals surface area contributed by atoms with E-state index in [-0.39, 0.29) is 12.5 Å². The van der Waals surface area contributed by atoms with E-state index in [0.29, 0.717) is 6.42 Å². The highest BCUT2D eigenvalue weighted by Crippen LogP contribution is 2.23. The van der Waals surface area contributed by atoms with Gasteiger partial charge in [0.15, 0.2) is 0 Å². The molecule has 0 saturated carbocycles. The molecule has 1 aromatic carbocycles. The Kier molecular flexibility index (Phi) is 5.15. The number of thioether (sulfide) groups is 1. The van der Waals surface area contributed by atoms with Gasteiger partial charge in [0.1, 0.15) is 0 Å². The van der Waals surface area contributed by atoms with E-state index in [1.54, 1.807) is 11.8 Å². The lowest BCUT2D eigenvalue weighted by molar-refractivity contribution is 0.0835. The topological polar surface area (TPSA) is 40.5 Å². The van der Waals surface area contributed by atoms with E-state index in [2.05, 4.69) is 31.2 Å². The molecular formula is C12H18O2S. The first kappa shape index (κ1) is 12.6. The van der Waals surface area contributed by atoms with Gasteiger partial charge in [-0.25, -0.2) is 0 Å². The first-order valence-electron chi connectivity index (χ1n) is 5.10. The molecule has 1 aromatic rings. The molecule has 2 N–H and O–H groups in total.